The van der Waals surface area contributed by atoms with Gasteiger partial charge in [0.15, 0.2) is 0 Å². The van der Waals surface area contributed by atoms with Gasteiger partial charge >= 0.3 is 0 Å². The van der Waals surface area contributed by atoms with Gasteiger partial charge in [-0.25, -0.2) is 0 Å². The van der Waals surface area contributed by atoms with Crippen molar-refractivity contribution in [1.29, 1.82) is 0 Å². The summed E-state index contributed by atoms with van der Waals surface area (Å²) in [5.41, 5.74) is 0. The van der Waals surface area contributed by atoms with Gasteiger partial charge in [-0.05, 0) is 56.8 Å². The minimum atomic E-state index is 0.448. The Labute approximate surface area is 156 Å². The lowest BCUT2D eigenvalue weighted by molar-refractivity contribution is -0.0610. The number of hydrogen-bond donors (Lipinski definition) is 0. The Balaban J connectivity index is 1.37. The fourth-order valence-corrected chi connectivity index (χ4v) is 5.81. The molecule has 3 aliphatic rings. The van der Waals surface area contributed by atoms with E-state index in [9.17, 15) is 0 Å². The van der Waals surface area contributed by atoms with Gasteiger partial charge in [0.05, 0.1) is 12.2 Å². The molecule has 0 N–H and O–H groups in total. The quantitative estimate of drug-likeness (QED) is 0.383. The molecule has 0 saturated heterocycles. The van der Waals surface area contributed by atoms with E-state index in [1.54, 1.807) is 0 Å². The number of rotatable bonds is 6. The molecule has 3 fully saturated rings. The maximum Gasteiger partial charge on any atom is 0.0610 e. The molecule has 3 atom stereocenters. The molecule has 0 bridgehead atoms. The molecule has 0 amide bonds. The summed E-state index contributed by atoms with van der Waals surface area (Å²) in [5, 5.41) is 0. The lowest BCUT2D eigenvalue weighted by atomic mass is 9.89. The van der Waals surface area contributed by atoms with Gasteiger partial charge in [0.2, 0.25) is 0 Å². The van der Waals surface area contributed by atoms with Crippen LogP contribution in [0, 0.1) is 11.8 Å². The van der Waals surface area contributed by atoms with E-state index in [-0.39, 0.29) is 0 Å². The highest BCUT2D eigenvalue weighted by Gasteiger charge is 2.30. The molecule has 23 heavy (non-hydrogen) atoms. The largest absolute Gasteiger partial charge is 0.378 e. The summed E-state index contributed by atoms with van der Waals surface area (Å²) < 4.78 is 13.4. The molecular formula is C20H35IO2. The van der Waals surface area contributed by atoms with E-state index in [4.69, 9.17) is 9.47 Å². The minimum absolute atomic E-state index is 0.448. The maximum absolute atomic E-state index is 6.33. The van der Waals surface area contributed by atoms with Gasteiger partial charge in [0.1, 0.15) is 0 Å². The van der Waals surface area contributed by atoms with E-state index >= 15 is 0 Å². The average Bonchev–Trinajstić information content (AvgIpc) is 2.60. The van der Waals surface area contributed by atoms with E-state index in [0.717, 1.165) is 35.4 Å². The summed E-state index contributed by atoms with van der Waals surface area (Å²) in [6, 6.07) is 0. The van der Waals surface area contributed by atoms with Crippen molar-refractivity contribution < 1.29 is 9.47 Å². The fraction of sp³-hybridized carbons (Fsp3) is 1.00. The maximum atomic E-state index is 6.33. The Morgan fingerprint density at radius 1 is 0.609 bits per heavy atom. The Kier molecular flexibility index (Phi) is 7.99. The SMILES string of the molecule is IC1CC(OCC2CCCCC2)C[C@H](OCC2CCCCC2)C1. The molecule has 0 aromatic carbocycles. The molecule has 134 valence electrons. The van der Waals surface area contributed by atoms with Crippen LogP contribution in [0.1, 0.15) is 83.5 Å². The molecule has 3 rings (SSSR count). The van der Waals surface area contributed by atoms with Crippen molar-refractivity contribution in [2.45, 2.75) is 99.6 Å². The number of ether oxygens (including phenoxy) is 2. The monoisotopic (exact) mass is 434 g/mol. The molecule has 0 radical (unpaired) electrons. The highest BCUT2D eigenvalue weighted by Crippen LogP contribution is 2.32. The smallest absolute Gasteiger partial charge is 0.0610 e. The normalized spacial score (nSPS) is 34.6. The lowest BCUT2D eigenvalue weighted by Gasteiger charge is -2.34. The van der Waals surface area contributed by atoms with Gasteiger partial charge in [0, 0.05) is 17.1 Å². The van der Waals surface area contributed by atoms with Gasteiger partial charge in [-0.15, -0.1) is 0 Å². The van der Waals surface area contributed by atoms with Crippen LogP contribution >= 0.6 is 22.6 Å². The Morgan fingerprint density at radius 2 is 1.04 bits per heavy atom. The lowest BCUT2D eigenvalue weighted by Crippen LogP contribution is -2.35. The van der Waals surface area contributed by atoms with Crippen molar-refractivity contribution in [2.75, 3.05) is 13.2 Å². The third-order valence-electron chi connectivity index (χ3n) is 6.15. The van der Waals surface area contributed by atoms with Crippen molar-refractivity contribution >= 4 is 22.6 Å². The van der Waals surface area contributed by atoms with Crippen LogP contribution in [0.25, 0.3) is 0 Å². The predicted octanol–water partition coefficient (Wildman–Crippen LogP) is 5.90. The molecule has 2 unspecified atom stereocenters. The molecule has 2 nitrogen and oxygen atoms in total. The summed E-state index contributed by atoms with van der Waals surface area (Å²) in [4.78, 5) is 0. The van der Waals surface area contributed by atoms with Crippen LogP contribution < -0.4 is 0 Å². The molecule has 0 aromatic heterocycles. The summed E-state index contributed by atoms with van der Waals surface area (Å²) in [7, 11) is 0. The van der Waals surface area contributed by atoms with Crippen molar-refractivity contribution in [1.82, 2.24) is 0 Å². The van der Waals surface area contributed by atoms with Crippen LogP contribution in [0.3, 0.4) is 0 Å². The fourth-order valence-electron chi connectivity index (χ4n) is 4.68. The highest BCUT2D eigenvalue weighted by atomic mass is 127. The molecular weight excluding hydrogens is 399 g/mol. The van der Waals surface area contributed by atoms with Crippen LogP contribution in [-0.4, -0.2) is 29.3 Å². The number of hydrogen-bond acceptors (Lipinski definition) is 2. The molecule has 0 heterocycles. The topological polar surface area (TPSA) is 18.5 Å². The average molecular weight is 434 g/mol. The minimum Gasteiger partial charge on any atom is -0.378 e. The zero-order valence-electron chi connectivity index (χ0n) is 14.7. The van der Waals surface area contributed by atoms with Crippen molar-refractivity contribution in [2.24, 2.45) is 11.8 Å². The molecule has 0 aliphatic heterocycles. The summed E-state index contributed by atoms with van der Waals surface area (Å²) in [5.74, 6) is 1.67. The van der Waals surface area contributed by atoms with E-state index in [0.29, 0.717) is 12.2 Å². The Morgan fingerprint density at radius 3 is 1.48 bits per heavy atom. The Bertz CT molecular complexity index is 294. The van der Waals surface area contributed by atoms with Crippen LogP contribution in [0.2, 0.25) is 0 Å². The van der Waals surface area contributed by atoms with E-state index in [2.05, 4.69) is 22.6 Å². The summed E-state index contributed by atoms with van der Waals surface area (Å²) in [6.07, 6.45) is 18.6. The first-order valence-electron chi connectivity index (χ1n) is 10.2. The first-order chi connectivity index (χ1) is 11.3. The van der Waals surface area contributed by atoms with Gasteiger partial charge < -0.3 is 9.47 Å². The first-order valence-corrected chi connectivity index (χ1v) is 11.4. The van der Waals surface area contributed by atoms with E-state index < -0.39 is 0 Å². The van der Waals surface area contributed by atoms with Crippen LogP contribution in [0.4, 0.5) is 0 Å². The van der Waals surface area contributed by atoms with Crippen LogP contribution in [-0.2, 0) is 9.47 Å². The second-order valence-corrected chi connectivity index (χ2v) is 9.98. The molecule has 0 aromatic rings. The number of halogens is 1. The number of alkyl halides is 1. The third kappa shape index (κ3) is 6.47. The summed E-state index contributed by atoms with van der Waals surface area (Å²) in [6.45, 7) is 2.01. The van der Waals surface area contributed by atoms with Crippen LogP contribution in [0.5, 0.6) is 0 Å². The molecule has 0 spiro atoms. The second kappa shape index (κ2) is 9.96. The second-order valence-electron chi connectivity index (χ2n) is 8.22. The predicted molar refractivity (Wildman–Crippen MR) is 104 cm³/mol. The van der Waals surface area contributed by atoms with Gasteiger partial charge in [-0.3, -0.25) is 0 Å². The van der Waals surface area contributed by atoms with Crippen molar-refractivity contribution in [3.63, 3.8) is 0 Å². The van der Waals surface area contributed by atoms with Crippen LogP contribution in [0.15, 0.2) is 0 Å². The van der Waals surface area contributed by atoms with Gasteiger partial charge in [0.25, 0.3) is 0 Å². The first kappa shape index (κ1) is 18.4. The zero-order valence-corrected chi connectivity index (χ0v) is 16.8. The third-order valence-corrected chi connectivity index (χ3v) is 7.16. The molecule has 3 heteroatoms. The van der Waals surface area contributed by atoms with Gasteiger partial charge in [-0.2, -0.15) is 0 Å². The highest BCUT2D eigenvalue weighted by molar-refractivity contribution is 14.1. The zero-order chi connectivity index (χ0) is 15.9. The van der Waals surface area contributed by atoms with E-state index in [1.807, 2.05) is 0 Å². The van der Waals surface area contributed by atoms with Gasteiger partial charge in [-0.1, -0.05) is 61.1 Å². The molecule has 3 saturated carbocycles. The summed E-state index contributed by atoms with van der Waals surface area (Å²) >= 11 is 2.62. The van der Waals surface area contributed by atoms with E-state index in [1.165, 1.54) is 77.0 Å². The standard InChI is InChI=1S/C20H35IO2/c21-18-11-19(22-14-16-7-3-1-4-8-16)13-20(12-18)23-15-17-9-5-2-6-10-17/h16-20H,1-15H2/t18?,19-,20?/m1/s1. The Hall–Kier alpha value is 0.650. The van der Waals surface area contributed by atoms with Crippen molar-refractivity contribution in [3.05, 3.63) is 0 Å². The van der Waals surface area contributed by atoms with Crippen molar-refractivity contribution in [3.8, 4) is 0 Å². The molecule has 3 aliphatic carbocycles.